The molecule has 0 unspecified atom stereocenters. The summed E-state index contributed by atoms with van der Waals surface area (Å²) in [6, 6.07) is 11.3. The van der Waals surface area contributed by atoms with Crippen molar-refractivity contribution < 1.29 is 4.39 Å². The van der Waals surface area contributed by atoms with Crippen molar-refractivity contribution in [3.63, 3.8) is 0 Å². The molecule has 0 aromatic heterocycles. The maximum Gasteiger partial charge on any atom is 0.128 e. The summed E-state index contributed by atoms with van der Waals surface area (Å²) < 4.78 is 13.5. The Morgan fingerprint density at radius 2 is 1.74 bits per heavy atom. The molecule has 0 amide bonds. The molecule has 0 aliphatic carbocycles. The molecule has 0 bridgehead atoms. The molecule has 2 aromatic carbocycles. The second-order valence-electron chi connectivity index (χ2n) is 4.69. The van der Waals surface area contributed by atoms with E-state index in [0.29, 0.717) is 11.3 Å². The first-order valence-corrected chi connectivity index (χ1v) is 6.43. The minimum Gasteiger partial charge on any atom is -0.397 e. The standard InChI is InChI=1S/C16H19FN2/c1-4-19(15-8-6-5-7-11(15)2)16-9-12(3)13(17)10-14(16)18/h5-10H,4,18H2,1-3H3. The monoisotopic (exact) mass is 258 g/mol. The van der Waals surface area contributed by atoms with E-state index in [1.165, 1.54) is 11.6 Å². The van der Waals surface area contributed by atoms with Crippen LogP contribution >= 0.6 is 0 Å². The van der Waals surface area contributed by atoms with Gasteiger partial charge in [-0.25, -0.2) is 4.39 Å². The van der Waals surface area contributed by atoms with Crippen LogP contribution in [0.3, 0.4) is 0 Å². The smallest absolute Gasteiger partial charge is 0.128 e. The molecule has 0 saturated carbocycles. The minimum atomic E-state index is -0.262. The highest BCUT2D eigenvalue weighted by Crippen LogP contribution is 2.33. The first-order chi connectivity index (χ1) is 9.04. The van der Waals surface area contributed by atoms with Crippen LogP contribution in [0.25, 0.3) is 0 Å². The van der Waals surface area contributed by atoms with Crippen molar-refractivity contribution in [2.75, 3.05) is 17.2 Å². The van der Waals surface area contributed by atoms with Gasteiger partial charge in [-0.1, -0.05) is 18.2 Å². The van der Waals surface area contributed by atoms with Gasteiger partial charge in [0.1, 0.15) is 5.82 Å². The molecule has 2 nitrogen and oxygen atoms in total. The van der Waals surface area contributed by atoms with Crippen LogP contribution in [0, 0.1) is 19.7 Å². The van der Waals surface area contributed by atoms with Gasteiger partial charge in [0.15, 0.2) is 0 Å². The lowest BCUT2D eigenvalue weighted by Gasteiger charge is -2.27. The van der Waals surface area contributed by atoms with E-state index in [1.54, 1.807) is 13.0 Å². The van der Waals surface area contributed by atoms with Gasteiger partial charge < -0.3 is 10.6 Å². The van der Waals surface area contributed by atoms with Crippen molar-refractivity contribution in [3.05, 3.63) is 53.3 Å². The number of rotatable bonds is 3. The molecule has 3 heteroatoms. The third kappa shape index (κ3) is 2.55. The fraction of sp³-hybridized carbons (Fsp3) is 0.250. The van der Waals surface area contributed by atoms with Crippen molar-refractivity contribution in [1.29, 1.82) is 0 Å². The predicted octanol–water partition coefficient (Wildman–Crippen LogP) is 4.18. The summed E-state index contributed by atoms with van der Waals surface area (Å²) in [5, 5.41) is 0. The Morgan fingerprint density at radius 1 is 1.05 bits per heavy atom. The third-order valence-electron chi connectivity index (χ3n) is 3.32. The van der Waals surface area contributed by atoms with E-state index in [0.717, 1.165) is 17.9 Å². The molecular weight excluding hydrogens is 239 g/mol. The van der Waals surface area contributed by atoms with Gasteiger partial charge in [0.2, 0.25) is 0 Å². The van der Waals surface area contributed by atoms with Crippen LogP contribution in [0.5, 0.6) is 0 Å². The van der Waals surface area contributed by atoms with Gasteiger partial charge >= 0.3 is 0 Å². The summed E-state index contributed by atoms with van der Waals surface area (Å²) >= 11 is 0. The average Bonchev–Trinajstić information content (AvgIpc) is 2.38. The zero-order valence-electron chi connectivity index (χ0n) is 11.6. The van der Waals surface area contributed by atoms with Crippen LogP contribution in [0.1, 0.15) is 18.1 Å². The highest BCUT2D eigenvalue weighted by Gasteiger charge is 2.14. The Kier molecular flexibility index (Phi) is 3.74. The zero-order valence-corrected chi connectivity index (χ0v) is 11.6. The van der Waals surface area contributed by atoms with E-state index in [1.807, 2.05) is 12.1 Å². The van der Waals surface area contributed by atoms with E-state index in [4.69, 9.17) is 5.73 Å². The largest absolute Gasteiger partial charge is 0.397 e. The number of halogens is 1. The molecule has 2 N–H and O–H groups in total. The number of para-hydroxylation sites is 1. The highest BCUT2D eigenvalue weighted by molar-refractivity contribution is 5.76. The SMILES string of the molecule is CCN(c1ccccc1C)c1cc(C)c(F)cc1N. The van der Waals surface area contributed by atoms with Crippen molar-refractivity contribution >= 4 is 17.1 Å². The van der Waals surface area contributed by atoms with Gasteiger partial charge in [-0.2, -0.15) is 0 Å². The molecule has 0 spiro atoms. The molecule has 2 aromatic rings. The third-order valence-corrected chi connectivity index (χ3v) is 3.32. The van der Waals surface area contributed by atoms with Crippen molar-refractivity contribution in [2.45, 2.75) is 20.8 Å². The molecule has 0 heterocycles. The second kappa shape index (κ2) is 5.31. The quantitative estimate of drug-likeness (QED) is 0.837. The van der Waals surface area contributed by atoms with Gasteiger partial charge in [-0.15, -0.1) is 0 Å². The Labute approximate surface area is 113 Å². The van der Waals surface area contributed by atoms with E-state index in [2.05, 4.69) is 30.9 Å². The maximum atomic E-state index is 13.5. The van der Waals surface area contributed by atoms with Gasteiger partial charge in [-0.05, 0) is 50.1 Å². The summed E-state index contributed by atoms with van der Waals surface area (Å²) in [5.41, 5.74) is 10.2. The summed E-state index contributed by atoms with van der Waals surface area (Å²) in [6.07, 6.45) is 0. The topological polar surface area (TPSA) is 29.3 Å². The molecule has 0 fully saturated rings. The first kappa shape index (κ1) is 13.4. The predicted molar refractivity (Wildman–Crippen MR) is 79.4 cm³/mol. The second-order valence-corrected chi connectivity index (χ2v) is 4.69. The summed E-state index contributed by atoms with van der Waals surface area (Å²) in [5.74, 6) is -0.262. The molecule has 0 aliphatic rings. The van der Waals surface area contributed by atoms with Crippen molar-refractivity contribution in [1.82, 2.24) is 0 Å². The number of nitrogen functional groups attached to an aromatic ring is 1. The molecule has 0 radical (unpaired) electrons. The zero-order chi connectivity index (χ0) is 14.0. The maximum absolute atomic E-state index is 13.5. The molecule has 19 heavy (non-hydrogen) atoms. The lowest BCUT2D eigenvalue weighted by atomic mass is 10.1. The van der Waals surface area contributed by atoms with Gasteiger partial charge in [-0.3, -0.25) is 0 Å². The molecular formula is C16H19FN2. The average molecular weight is 258 g/mol. The van der Waals surface area contributed by atoms with Crippen molar-refractivity contribution in [2.24, 2.45) is 0 Å². The summed E-state index contributed by atoms with van der Waals surface area (Å²) in [4.78, 5) is 2.11. The van der Waals surface area contributed by atoms with E-state index >= 15 is 0 Å². The molecule has 0 atom stereocenters. The number of hydrogen-bond donors (Lipinski definition) is 1. The Balaban J connectivity index is 2.55. The normalized spacial score (nSPS) is 10.5. The lowest BCUT2D eigenvalue weighted by Crippen LogP contribution is -2.18. The summed E-state index contributed by atoms with van der Waals surface area (Å²) in [7, 11) is 0. The van der Waals surface area contributed by atoms with Crippen LogP contribution in [-0.2, 0) is 0 Å². The van der Waals surface area contributed by atoms with E-state index in [9.17, 15) is 4.39 Å². The van der Waals surface area contributed by atoms with Crippen LogP contribution < -0.4 is 10.6 Å². The summed E-state index contributed by atoms with van der Waals surface area (Å²) in [6.45, 7) is 6.65. The van der Waals surface area contributed by atoms with Crippen LogP contribution in [0.2, 0.25) is 0 Å². The van der Waals surface area contributed by atoms with E-state index < -0.39 is 0 Å². The number of hydrogen-bond acceptors (Lipinski definition) is 2. The number of aryl methyl sites for hydroxylation is 2. The molecule has 2 rings (SSSR count). The van der Waals surface area contributed by atoms with Gasteiger partial charge in [0, 0.05) is 12.2 Å². The van der Waals surface area contributed by atoms with Gasteiger partial charge in [0.05, 0.1) is 11.4 Å². The van der Waals surface area contributed by atoms with Crippen LogP contribution in [0.4, 0.5) is 21.5 Å². The number of nitrogens with zero attached hydrogens (tertiary/aromatic N) is 1. The molecule has 0 saturated heterocycles. The molecule has 0 aliphatic heterocycles. The van der Waals surface area contributed by atoms with Crippen LogP contribution in [0.15, 0.2) is 36.4 Å². The number of anilines is 3. The minimum absolute atomic E-state index is 0.262. The fourth-order valence-corrected chi connectivity index (χ4v) is 2.25. The van der Waals surface area contributed by atoms with Gasteiger partial charge in [0.25, 0.3) is 0 Å². The van der Waals surface area contributed by atoms with E-state index in [-0.39, 0.29) is 5.82 Å². The number of nitrogens with two attached hydrogens (primary N) is 1. The van der Waals surface area contributed by atoms with Crippen LogP contribution in [-0.4, -0.2) is 6.54 Å². The van der Waals surface area contributed by atoms with Crippen molar-refractivity contribution in [3.8, 4) is 0 Å². The highest BCUT2D eigenvalue weighted by atomic mass is 19.1. The Morgan fingerprint density at radius 3 is 2.37 bits per heavy atom. The molecule has 100 valence electrons. The Bertz CT molecular complexity index is 593. The Hall–Kier alpha value is -2.03. The lowest BCUT2D eigenvalue weighted by molar-refractivity contribution is 0.619. The first-order valence-electron chi connectivity index (χ1n) is 6.43. The number of benzene rings is 2. The fourth-order valence-electron chi connectivity index (χ4n) is 2.25.